The van der Waals surface area contributed by atoms with Crippen LogP contribution in [0.4, 0.5) is 0 Å². The van der Waals surface area contributed by atoms with Crippen molar-refractivity contribution >= 4 is 5.97 Å². The second-order valence-corrected chi connectivity index (χ2v) is 3.24. The molecule has 1 aromatic carbocycles. The Morgan fingerprint density at radius 1 is 1.50 bits per heavy atom. The lowest BCUT2D eigenvalue weighted by atomic mass is 9.97. The van der Waals surface area contributed by atoms with Crippen LogP contribution in [0.3, 0.4) is 0 Å². The molecule has 1 atom stereocenters. The van der Waals surface area contributed by atoms with Crippen LogP contribution in [0.15, 0.2) is 24.3 Å². The third-order valence-corrected chi connectivity index (χ3v) is 2.15. The molecule has 0 saturated carbocycles. The third kappa shape index (κ3) is 2.49. The van der Waals surface area contributed by atoms with E-state index in [9.17, 15) is 4.79 Å². The Kier molecular flexibility index (Phi) is 3.51. The highest BCUT2D eigenvalue weighted by Crippen LogP contribution is 2.27. The van der Waals surface area contributed by atoms with Crippen molar-refractivity contribution in [1.29, 1.82) is 0 Å². The minimum absolute atomic E-state index is 0.0244. The Bertz CT molecular complexity index is 320. The molecule has 0 bridgehead atoms. The number of carboxylic acid groups (broad SMARTS) is 1. The fraction of sp³-hybridized carbons (Fsp3) is 0.364. The van der Waals surface area contributed by atoms with Crippen molar-refractivity contribution < 1.29 is 14.6 Å². The zero-order chi connectivity index (χ0) is 10.6. The quantitative estimate of drug-likeness (QED) is 0.799. The van der Waals surface area contributed by atoms with Crippen molar-refractivity contribution in [2.75, 3.05) is 7.11 Å². The smallest absolute Gasteiger partial charge is 0.303 e. The molecular weight excluding hydrogens is 180 g/mol. The van der Waals surface area contributed by atoms with Crippen LogP contribution >= 0.6 is 0 Å². The minimum Gasteiger partial charge on any atom is -0.496 e. The molecule has 1 aromatic rings. The molecular formula is C11H14O3. The van der Waals surface area contributed by atoms with Crippen molar-refractivity contribution in [2.24, 2.45) is 0 Å². The van der Waals surface area contributed by atoms with Crippen molar-refractivity contribution in [3.63, 3.8) is 0 Å². The summed E-state index contributed by atoms with van der Waals surface area (Å²) in [5.41, 5.74) is 0.942. The van der Waals surface area contributed by atoms with E-state index in [0.717, 1.165) is 11.3 Å². The summed E-state index contributed by atoms with van der Waals surface area (Å²) in [7, 11) is 1.59. The number of hydrogen-bond acceptors (Lipinski definition) is 2. The number of carbonyl (C=O) groups is 1. The highest BCUT2D eigenvalue weighted by atomic mass is 16.5. The first-order chi connectivity index (χ1) is 6.65. The molecule has 76 valence electrons. The molecule has 0 saturated heterocycles. The molecule has 0 fully saturated rings. The summed E-state index contributed by atoms with van der Waals surface area (Å²) in [5, 5.41) is 8.67. The normalized spacial score (nSPS) is 12.1. The molecule has 0 aromatic heterocycles. The zero-order valence-corrected chi connectivity index (χ0v) is 8.36. The molecule has 0 aliphatic heterocycles. The van der Waals surface area contributed by atoms with E-state index in [1.165, 1.54) is 0 Å². The predicted octanol–water partition coefficient (Wildman–Crippen LogP) is 2.27. The Morgan fingerprint density at radius 3 is 2.71 bits per heavy atom. The molecule has 1 unspecified atom stereocenters. The Hall–Kier alpha value is -1.51. The highest BCUT2D eigenvalue weighted by Gasteiger charge is 2.13. The average Bonchev–Trinajstić information content (AvgIpc) is 2.16. The summed E-state index contributed by atoms with van der Waals surface area (Å²) >= 11 is 0. The molecule has 0 aliphatic carbocycles. The van der Waals surface area contributed by atoms with Gasteiger partial charge in [0.1, 0.15) is 5.75 Å². The maximum atomic E-state index is 10.5. The molecule has 0 amide bonds. The Morgan fingerprint density at radius 2 is 2.14 bits per heavy atom. The van der Waals surface area contributed by atoms with Crippen LogP contribution in [0, 0.1) is 0 Å². The van der Waals surface area contributed by atoms with E-state index in [2.05, 4.69) is 0 Å². The maximum Gasteiger partial charge on any atom is 0.303 e. The van der Waals surface area contributed by atoms with Crippen molar-refractivity contribution in [3.8, 4) is 5.75 Å². The van der Waals surface area contributed by atoms with E-state index in [4.69, 9.17) is 9.84 Å². The van der Waals surface area contributed by atoms with E-state index in [0.29, 0.717) is 0 Å². The standard InChI is InChI=1S/C11H14O3/c1-8(7-11(12)13)9-5-3-4-6-10(9)14-2/h3-6,8H,7H2,1-2H3,(H,12,13). The summed E-state index contributed by atoms with van der Waals surface area (Å²) in [6.07, 6.45) is 0.125. The van der Waals surface area contributed by atoms with Gasteiger partial charge in [0.05, 0.1) is 13.5 Å². The molecule has 1 N–H and O–H groups in total. The van der Waals surface area contributed by atoms with Crippen molar-refractivity contribution in [1.82, 2.24) is 0 Å². The summed E-state index contributed by atoms with van der Waals surface area (Å²) in [4.78, 5) is 10.5. The molecule has 3 nitrogen and oxygen atoms in total. The van der Waals surface area contributed by atoms with E-state index < -0.39 is 5.97 Å². The van der Waals surface area contributed by atoms with Crippen LogP contribution < -0.4 is 4.74 Å². The number of carboxylic acids is 1. The van der Waals surface area contributed by atoms with Crippen LogP contribution in [0.2, 0.25) is 0 Å². The van der Waals surface area contributed by atoms with Crippen LogP contribution in [0.1, 0.15) is 24.8 Å². The number of rotatable bonds is 4. The van der Waals surface area contributed by atoms with Gasteiger partial charge in [0, 0.05) is 0 Å². The molecule has 3 heteroatoms. The van der Waals surface area contributed by atoms with Gasteiger partial charge in [0.25, 0.3) is 0 Å². The van der Waals surface area contributed by atoms with Gasteiger partial charge in [-0.25, -0.2) is 0 Å². The number of ether oxygens (including phenoxy) is 1. The van der Waals surface area contributed by atoms with Crippen LogP contribution in [-0.4, -0.2) is 18.2 Å². The van der Waals surface area contributed by atoms with Crippen molar-refractivity contribution in [3.05, 3.63) is 29.8 Å². The summed E-state index contributed by atoms with van der Waals surface area (Å²) in [6, 6.07) is 7.49. The minimum atomic E-state index is -0.789. The monoisotopic (exact) mass is 194 g/mol. The van der Waals surface area contributed by atoms with Crippen LogP contribution in [0.5, 0.6) is 5.75 Å². The van der Waals surface area contributed by atoms with Gasteiger partial charge in [-0.05, 0) is 17.5 Å². The van der Waals surface area contributed by atoms with Gasteiger partial charge in [-0.1, -0.05) is 25.1 Å². The van der Waals surface area contributed by atoms with Gasteiger partial charge in [0.2, 0.25) is 0 Å². The average molecular weight is 194 g/mol. The maximum absolute atomic E-state index is 10.5. The lowest BCUT2D eigenvalue weighted by Gasteiger charge is -2.13. The zero-order valence-electron chi connectivity index (χ0n) is 8.36. The van der Waals surface area contributed by atoms with Gasteiger partial charge >= 0.3 is 5.97 Å². The van der Waals surface area contributed by atoms with Gasteiger partial charge in [-0.15, -0.1) is 0 Å². The lowest BCUT2D eigenvalue weighted by Crippen LogP contribution is -2.04. The van der Waals surface area contributed by atoms with Crippen molar-refractivity contribution in [2.45, 2.75) is 19.3 Å². The first kappa shape index (κ1) is 10.6. The number of para-hydroxylation sites is 1. The molecule has 0 heterocycles. The largest absolute Gasteiger partial charge is 0.496 e. The number of benzene rings is 1. The van der Waals surface area contributed by atoms with E-state index in [1.54, 1.807) is 7.11 Å². The summed E-state index contributed by atoms with van der Waals surface area (Å²) in [6.45, 7) is 1.88. The van der Waals surface area contributed by atoms with Gasteiger partial charge in [-0.2, -0.15) is 0 Å². The molecule has 14 heavy (non-hydrogen) atoms. The van der Waals surface area contributed by atoms with Gasteiger partial charge in [-0.3, -0.25) is 4.79 Å². The van der Waals surface area contributed by atoms with Gasteiger partial charge in [0.15, 0.2) is 0 Å². The lowest BCUT2D eigenvalue weighted by molar-refractivity contribution is -0.137. The second-order valence-electron chi connectivity index (χ2n) is 3.24. The number of aliphatic carboxylic acids is 1. The van der Waals surface area contributed by atoms with Gasteiger partial charge < -0.3 is 9.84 Å². The number of methoxy groups -OCH3 is 1. The fourth-order valence-electron chi connectivity index (χ4n) is 1.45. The fourth-order valence-corrected chi connectivity index (χ4v) is 1.45. The Labute approximate surface area is 83.3 Å². The SMILES string of the molecule is COc1ccccc1C(C)CC(=O)O. The molecule has 0 radical (unpaired) electrons. The summed E-state index contributed by atoms with van der Waals surface area (Å²) in [5.74, 6) is -0.0618. The molecule has 0 aliphatic rings. The van der Waals surface area contributed by atoms with E-state index in [-0.39, 0.29) is 12.3 Å². The van der Waals surface area contributed by atoms with E-state index >= 15 is 0 Å². The van der Waals surface area contributed by atoms with E-state index in [1.807, 2.05) is 31.2 Å². The summed E-state index contributed by atoms with van der Waals surface area (Å²) < 4.78 is 5.16. The highest BCUT2D eigenvalue weighted by molar-refractivity contribution is 5.68. The first-order valence-corrected chi connectivity index (χ1v) is 4.50. The second kappa shape index (κ2) is 4.65. The third-order valence-electron chi connectivity index (χ3n) is 2.15. The molecule has 1 rings (SSSR count). The molecule has 0 spiro atoms. The number of hydrogen-bond donors (Lipinski definition) is 1. The topological polar surface area (TPSA) is 46.5 Å². The van der Waals surface area contributed by atoms with Crippen LogP contribution in [-0.2, 0) is 4.79 Å². The Balaban J connectivity index is 2.87. The first-order valence-electron chi connectivity index (χ1n) is 4.50. The predicted molar refractivity (Wildman–Crippen MR) is 53.7 cm³/mol. The van der Waals surface area contributed by atoms with Crippen LogP contribution in [0.25, 0.3) is 0 Å².